The standard InChI is InChI=1S/C16H18N4/c1-12-11-15(13-5-3-4-6-14(13)19-12)17-8-7-16-18-9-10-20(16)2/h3-6,9-11H,7-8H2,1-2H3,(H,17,19). The predicted molar refractivity (Wildman–Crippen MR) is 81.9 cm³/mol. The van der Waals surface area contributed by atoms with Gasteiger partial charge in [-0.05, 0) is 19.1 Å². The van der Waals surface area contributed by atoms with E-state index in [0.29, 0.717) is 0 Å². The van der Waals surface area contributed by atoms with Gasteiger partial charge in [-0.25, -0.2) is 4.98 Å². The van der Waals surface area contributed by atoms with E-state index in [1.807, 2.05) is 44.6 Å². The zero-order chi connectivity index (χ0) is 13.9. The van der Waals surface area contributed by atoms with E-state index in [9.17, 15) is 0 Å². The average Bonchev–Trinajstić information content (AvgIpc) is 2.84. The molecule has 0 atom stereocenters. The van der Waals surface area contributed by atoms with Crippen molar-refractivity contribution in [1.29, 1.82) is 0 Å². The molecule has 20 heavy (non-hydrogen) atoms. The summed E-state index contributed by atoms with van der Waals surface area (Å²) < 4.78 is 2.05. The molecule has 0 aliphatic carbocycles. The number of nitrogens with one attached hydrogen (secondary N) is 1. The Hall–Kier alpha value is -2.36. The maximum atomic E-state index is 4.55. The van der Waals surface area contributed by atoms with E-state index < -0.39 is 0 Å². The van der Waals surface area contributed by atoms with E-state index >= 15 is 0 Å². The predicted octanol–water partition coefficient (Wildman–Crippen LogP) is 2.93. The Morgan fingerprint density at radius 2 is 2.10 bits per heavy atom. The van der Waals surface area contributed by atoms with E-state index in [1.54, 1.807) is 0 Å². The van der Waals surface area contributed by atoms with Crippen LogP contribution < -0.4 is 5.32 Å². The molecule has 0 unspecified atom stereocenters. The molecule has 0 amide bonds. The summed E-state index contributed by atoms with van der Waals surface area (Å²) in [7, 11) is 2.02. The van der Waals surface area contributed by atoms with E-state index in [1.165, 1.54) is 0 Å². The van der Waals surface area contributed by atoms with Crippen molar-refractivity contribution in [3.63, 3.8) is 0 Å². The van der Waals surface area contributed by atoms with E-state index in [4.69, 9.17) is 0 Å². The second-order valence-electron chi connectivity index (χ2n) is 4.96. The Morgan fingerprint density at radius 1 is 1.25 bits per heavy atom. The van der Waals surface area contributed by atoms with E-state index in [0.717, 1.165) is 41.1 Å². The number of aromatic nitrogens is 3. The molecule has 2 heterocycles. The van der Waals surface area contributed by atoms with Crippen LogP contribution in [0.25, 0.3) is 10.9 Å². The molecule has 4 nitrogen and oxygen atoms in total. The lowest BCUT2D eigenvalue weighted by Crippen LogP contribution is -2.09. The highest BCUT2D eigenvalue weighted by Crippen LogP contribution is 2.22. The van der Waals surface area contributed by atoms with Crippen molar-refractivity contribution in [1.82, 2.24) is 14.5 Å². The van der Waals surface area contributed by atoms with Crippen LogP contribution in [-0.4, -0.2) is 21.1 Å². The summed E-state index contributed by atoms with van der Waals surface area (Å²) >= 11 is 0. The van der Waals surface area contributed by atoms with Gasteiger partial charge < -0.3 is 9.88 Å². The fourth-order valence-corrected chi connectivity index (χ4v) is 2.40. The first kappa shape index (κ1) is 12.7. The Bertz CT molecular complexity index is 730. The second-order valence-corrected chi connectivity index (χ2v) is 4.96. The van der Waals surface area contributed by atoms with Gasteiger partial charge in [0.2, 0.25) is 0 Å². The van der Waals surface area contributed by atoms with Gasteiger partial charge >= 0.3 is 0 Å². The summed E-state index contributed by atoms with van der Waals surface area (Å²) in [5.41, 5.74) is 3.21. The summed E-state index contributed by atoms with van der Waals surface area (Å²) in [6.45, 7) is 2.88. The average molecular weight is 266 g/mol. The molecule has 4 heteroatoms. The first-order valence-corrected chi connectivity index (χ1v) is 6.80. The quantitative estimate of drug-likeness (QED) is 0.789. The van der Waals surface area contributed by atoms with E-state index in [2.05, 4.69) is 32.0 Å². The van der Waals surface area contributed by atoms with Crippen LogP contribution in [0, 0.1) is 6.92 Å². The van der Waals surface area contributed by atoms with Gasteiger partial charge in [0.05, 0.1) is 5.52 Å². The molecule has 0 saturated carbocycles. The van der Waals surface area contributed by atoms with Crippen LogP contribution in [-0.2, 0) is 13.5 Å². The highest BCUT2D eigenvalue weighted by Gasteiger charge is 2.04. The first-order chi connectivity index (χ1) is 9.74. The highest BCUT2D eigenvalue weighted by atomic mass is 15.0. The van der Waals surface area contributed by atoms with Crippen molar-refractivity contribution in [2.45, 2.75) is 13.3 Å². The summed E-state index contributed by atoms with van der Waals surface area (Å²) in [4.78, 5) is 8.89. The summed E-state index contributed by atoms with van der Waals surface area (Å²) in [5.74, 6) is 1.09. The smallest absolute Gasteiger partial charge is 0.110 e. The Kier molecular flexibility index (Phi) is 3.37. The first-order valence-electron chi connectivity index (χ1n) is 6.80. The van der Waals surface area contributed by atoms with Crippen LogP contribution in [0.15, 0.2) is 42.7 Å². The Morgan fingerprint density at radius 3 is 2.90 bits per heavy atom. The molecule has 102 valence electrons. The molecule has 0 aliphatic heterocycles. The molecule has 0 spiro atoms. The Labute approximate surface area is 118 Å². The van der Waals surface area contributed by atoms with Crippen molar-refractivity contribution < 1.29 is 0 Å². The summed E-state index contributed by atoms with van der Waals surface area (Å²) in [6, 6.07) is 10.3. The van der Waals surface area contributed by atoms with Crippen molar-refractivity contribution >= 4 is 16.6 Å². The van der Waals surface area contributed by atoms with Crippen molar-refractivity contribution in [2.24, 2.45) is 7.05 Å². The number of nitrogens with zero attached hydrogens (tertiary/aromatic N) is 3. The van der Waals surface area contributed by atoms with Crippen LogP contribution in [0.2, 0.25) is 0 Å². The molecule has 1 N–H and O–H groups in total. The van der Waals surface area contributed by atoms with Gasteiger partial charge in [0.25, 0.3) is 0 Å². The molecule has 2 aromatic heterocycles. The zero-order valence-corrected chi connectivity index (χ0v) is 11.8. The van der Waals surface area contributed by atoms with Gasteiger partial charge in [0.15, 0.2) is 0 Å². The number of imidazole rings is 1. The minimum absolute atomic E-state index is 0.859. The third kappa shape index (κ3) is 2.50. The number of anilines is 1. The van der Waals surface area contributed by atoms with Crippen molar-refractivity contribution in [3.05, 3.63) is 54.2 Å². The number of rotatable bonds is 4. The maximum absolute atomic E-state index is 4.55. The number of hydrogen-bond donors (Lipinski definition) is 1. The zero-order valence-electron chi connectivity index (χ0n) is 11.8. The largest absolute Gasteiger partial charge is 0.384 e. The van der Waals surface area contributed by atoms with Crippen molar-refractivity contribution in [3.8, 4) is 0 Å². The molecule has 0 radical (unpaired) electrons. The minimum atomic E-state index is 0.859. The summed E-state index contributed by atoms with van der Waals surface area (Å²) in [6.07, 6.45) is 4.71. The molecule has 0 aliphatic rings. The maximum Gasteiger partial charge on any atom is 0.110 e. The number of para-hydroxylation sites is 1. The van der Waals surface area contributed by atoms with Gasteiger partial charge in [-0.3, -0.25) is 4.98 Å². The fraction of sp³-hybridized carbons (Fsp3) is 0.250. The number of aryl methyl sites for hydroxylation is 2. The van der Waals surface area contributed by atoms with Gasteiger partial charge in [-0.1, -0.05) is 18.2 Å². The molecular formula is C16H18N4. The third-order valence-electron chi connectivity index (χ3n) is 3.43. The Balaban J connectivity index is 1.79. The lowest BCUT2D eigenvalue weighted by atomic mass is 10.1. The van der Waals surface area contributed by atoms with Gasteiger partial charge in [0, 0.05) is 49.2 Å². The lowest BCUT2D eigenvalue weighted by molar-refractivity contribution is 0.790. The molecular weight excluding hydrogens is 248 g/mol. The second kappa shape index (κ2) is 5.33. The molecule has 0 bridgehead atoms. The monoisotopic (exact) mass is 266 g/mol. The number of hydrogen-bond acceptors (Lipinski definition) is 3. The number of benzene rings is 1. The molecule has 0 saturated heterocycles. The molecule has 1 aromatic carbocycles. The van der Waals surface area contributed by atoms with Crippen LogP contribution in [0.4, 0.5) is 5.69 Å². The normalized spacial score (nSPS) is 10.9. The molecule has 3 aromatic rings. The number of fused-ring (bicyclic) bond motifs is 1. The van der Waals surface area contributed by atoms with Crippen molar-refractivity contribution in [2.75, 3.05) is 11.9 Å². The van der Waals surface area contributed by atoms with Gasteiger partial charge in [-0.2, -0.15) is 0 Å². The van der Waals surface area contributed by atoms with Crippen LogP contribution in [0.5, 0.6) is 0 Å². The number of pyridine rings is 1. The van der Waals surface area contributed by atoms with Crippen LogP contribution >= 0.6 is 0 Å². The highest BCUT2D eigenvalue weighted by molar-refractivity contribution is 5.91. The van der Waals surface area contributed by atoms with Crippen LogP contribution in [0.3, 0.4) is 0 Å². The SMILES string of the molecule is Cc1cc(NCCc2nccn2C)c2ccccc2n1. The fourth-order valence-electron chi connectivity index (χ4n) is 2.40. The lowest BCUT2D eigenvalue weighted by Gasteiger charge is -2.10. The molecule has 3 rings (SSSR count). The topological polar surface area (TPSA) is 42.7 Å². The molecule has 0 fully saturated rings. The van der Waals surface area contributed by atoms with Gasteiger partial charge in [0.1, 0.15) is 5.82 Å². The van der Waals surface area contributed by atoms with Crippen LogP contribution in [0.1, 0.15) is 11.5 Å². The van der Waals surface area contributed by atoms with E-state index in [-0.39, 0.29) is 0 Å². The summed E-state index contributed by atoms with van der Waals surface area (Å²) in [5, 5.41) is 4.67. The third-order valence-corrected chi connectivity index (χ3v) is 3.43. The van der Waals surface area contributed by atoms with Gasteiger partial charge in [-0.15, -0.1) is 0 Å². The minimum Gasteiger partial charge on any atom is -0.384 e.